The number of benzene rings is 1. The van der Waals surface area contributed by atoms with E-state index in [1.165, 1.54) is 7.11 Å². The van der Waals surface area contributed by atoms with E-state index in [1.54, 1.807) is 24.3 Å². The Labute approximate surface area is 115 Å². The Balaban J connectivity index is 2.59. The molecule has 0 unspecified atom stereocenters. The van der Waals surface area contributed by atoms with E-state index in [0.717, 1.165) is 5.56 Å². The third-order valence-corrected chi connectivity index (χ3v) is 2.35. The summed E-state index contributed by atoms with van der Waals surface area (Å²) in [6, 6.07) is 6.57. The van der Waals surface area contributed by atoms with Gasteiger partial charge in [0, 0.05) is 19.2 Å². The lowest BCUT2D eigenvalue weighted by Gasteiger charge is -2.07. The zero-order valence-electron chi connectivity index (χ0n) is 11.0. The van der Waals surface area contributed by atoms with Crippen molar-refractivity contribution in [3.63, 3.8) is 0 Å². The van der Waals surface area contributed by atoms with Crippen LogP contribution >= 0.6 is 0 Å². The van der Waals surface area contributed by atoms with Crippen LogP contribution in [0.4, 0.5) is 0 Å². The van der Waals surface area contributed by atoms with Crippen LogP contribution < -0.4 is 10.6 Å². The molecule has 0 aromatic heterocycles. The van der Waals surface area contributed by atoms with E-state index in [-0.39, 0.29) is 19.1 Å². The molecule has 7 nitrogen and oxygen atoms in total. The summed E-state index contributed by atoms with van der Waals surface area (Å²) in [6.45, 7) is -0.200. The summed E-state index contributed by atoms with van der Waals surface area (Å²) in [6.07, 6.45) is 0. The van der Waals surface area contributed by atoms with E-state index in [0.29, 0.717) is 5.56 Å². The standard InChI is InChI=1S/C13H16N2O5/c1-20-8-11(16)14-6-9-3-2-4-10(5-9)13(19)15-7-12(17)18/h2-5H,6-8H2,1H3,(H,14,16)(H,15,19)(H,17,18). The van der Waals surface area contributed by atoms with Gasteiger partial charge in [-0.3, -0.25) is 14.4 Å². The lowest BCUT2D eigenvalue weighted by atomic mass is 10.1. The van der Waals surface area contributed by atoms with Gasteiger partial charge in [-0.15, -0.1) is 0 Å². The molecule has 0 spiro atoms. The summed E-state index contributed by atoms with van der Waals surface area (Å²) in [5.41, 5.74) is 1.07. The zero-order valence-corrected chi connectivity index (χ0v) is 11.0. The van der Waals surface area contributed by atoms with Gasteiger partial charge in [-0.1, -0.05) is 12.1 Å². The number of carbonyl (C=O) groups excluding carboxylic acids is 2. The molecule has 108 valence electrons. The van der Waals surface area contributed by atoms with E-state index in [1.807, 2.05) is 0 Å². The number of carboxylic acids is 1. The van der Waals surface area contributed by atoms with Crippen LogP contribution in [0.1, 0.15) is 15.9 Å². The number of methoxy groups -OCH3 is 1. The fourth-order valence-corrected chi connectivity index (χ4v) is 1.46. The topological polar surface area (TPSA) is 105 Å². The Kier molecular flexibility index (Phi) is 6.18. The van der Waals surface area contributed by atoms with Gasteiger partial charge in [0.05, 0.1) is 0 Å². The minimum absolute atomic E-state index is 0.0290. The highest BCUT2D eigenvalue weighted by molar-refractivity contribution is 5.95. The monoisotopic (exact) mass is 280 g/mol. The molecular weight excluding hydrogens is 264 g/mol. The number of hydrogen-bond donors (Lipinski definition) is 3. The minimum Gasteiger partial charge on any atom is -0.480 e. The van der Waals surface area contributed by atoms with E-state index in [9.17, 15) is 14.4 Å². The van der Waals surface area contributed by atoms with Crippen LogP contribution in [0, 0.1) is 0 Å². The summed E-state index contributed by atoms with van der Waals surface area (Å²) in [4.78, 5) is 33.3. The maximum Gasteiger partial charge on any atom is 0.322 e. The van der Waals surface area contributed by atoms with Crippen molar-refractivity contribution in [2.75, 3.05) is 20.3 Å². The number of aliphatic carboxylic acids is 1. The van der Waals surface area contributed by atoms with Gasteiger partial charge in [-0.05, 0) is 17.7 Å². The Bertz CT molecular complexity index is 501. The summed E-state index contributed by atoms with van der Waals surface area (Å²) in [5, 5.41) is 13.4. The average molecular weight is 280 g/mol. The Morgan fingerprint density at radius 1 is 1.25 bits per heavy atom. The molecule has 0 saturated carbocycles. The first-order valence-corrected chi connectivity index (χ1v) is 5.87. The first-order chi connectivity index (χ1) is 9.52. The first kappa shape index (κ1) is 15.6. The SMILES string of the molecule is COCC(=O)NCc1cccc(C(=O)NCC(=O)O)c1. The third kappa shape index (κ3) is 5.49. The van der Waals surface area contributed by atoms with Crippen LogP contribution in [-0.2, 0) is 20.9 Å². The van der Waals surface area contributed by atoms with Gasteiger partial charge in [0.25, 0.3) is 5.91 Å². The Morgan fingerprint density at radius 3 is 2.65 bits per heavy atom. The molecule has 0 heterocycles. The second-order valence-electron chi connectivity index (χ2n) is 3.99. The number of carboxylic acid groups (broad SMARTS) is 1. The molecule has 0 aliphatic carbocycles. The molecule has 7 heteroatoms. The zero-order chi connectivity index (χ0) is 15.0. The molecule has 2 amide bonds. The molecule has 0 saturated heterocycles. The highest BCUT2D eigenvalue weighted by atomic mass is 16.5. The lowest BCUT2D eigenvalue weighted by Crippen LogP contribution is -2.29. The minimum atomic E-state index is -1.11. The molecule has 0 aliphatic heterocycles. The summed E-state index contributed by atoms with van der Waals surface area (Å²) >= 11 is 0. The van der Waals surface area contributed by atoms with Crippen molar-refractivity contribution < 1.29 is 24.2 Å². The highest BCUT2D eigenvalue weighted by Gasteiger charge is 2.08. The molecule has 20 heavy (non-hydrogen) atoms. The molecule has 1 aromatic carbocycles. The predicted octanol–water partition coefficient (Wildman–Crippen LogP) is -0.236. The van der Waals surface area contributed by atoms with Gasteiger partial charge in [0.15, 0.2) is 0 Å². The van der Waals surface area contributed by atoms with E-state index >= 15 is 0 Å². The fourth-order valence-electron chi connectivity index (χ4n) is 1.46. The maximum absolute atomic E-state index is 11.7. The number of rotatable bonds is 7. The van der Waals surface area contributed by atoms with Crippen LogP contribution in [0.2, 0.25) is 0 Å². The number of hydrogen-bond acceptors (Lipinski definition) is 4. The van der Waals surface area contributed by atoms with Crippen LogP contribution in [0.25, 0.3) is 0 Å². The van der Waals surface area contributed by atoms with Gasteiger partial charge in [0.2, 0.25) is 5.91 Å². The second-order valence-corrected chi connectivity index (χ2v) is 3.99. The summed E-state index contributed by atoms with van der Waals surface area (Å²) in [7, 11) is 1.42. The van der Waals surface area contributed by atoms with Gasteiger partial charge >= 0.3 is 5.97 Å². The van der Waals surface area contributed by atoms with Crippen molar-refractivity contribution >= 4 is 17.8 Å². The van der Waals surface area contributed by atoms with E-state index in [2.05, 4.69) is 15.4 Å². The van der Waals surface area contributed by atoms with Crippen molar-refractivity contribution in [3.8, 4) is 0 Å². The normalized spacial score (nSPS) is 9.85. The summed E-state index contributed by atoms with van der Waals surface area (Å²) < 4.78 is 4.68. The summed E-state index contributed by atoms with van der Waals surface area (Å²) in [5.74, 6) is -1.84. The van der Waals surface area contributed by atoms with Gasteiger partial charge in [-0.2, -0.15) is 0 Å². The van der Waals surface area contributed by atoms with Gasteiger partial charge in [-0.25, -0.2) is 0 Å². The van der Waals surface area contributed by atoms with Gasteiger partial charge < -0.3 is 20.5 Å². The van der Waals surface area contributed by atoms with E-state index < -0.39 is 18.4 Å². The Hall–Kier alpha value is -2.41. The third-order valence-electron chi connectivity index (χ3n) is 2.35. The molecule has 3 N–H and O–H groups in total. The second kappa shape index (κ2) is 7.90. The molecule has 1 rings (SSSR count). The molecule has 0 fully saturated rings. The molecule has 0 aliphatic rings. The van der Waals surface area contributed by atoms with Crippen LogP contribution in [0.3, 0.4) is 0 Å². The average Bonchev–Trinajstić information content (AvgIpc) is 2.43. The number of ether oxygens (including phenoxy) is 1. The fraction of sp³-hybridized carbons (Fsp3) is 0.308. The van der Waals surface area contributed by atoms with Crippen molar-refractivity contribution in [3.05, 3.63) is 35.4 Å². The number of amides is 2. The number of nitrogens with one attached hydrogen (secondary N) is 2. The van der Waals surface area contributed by atoms with Crippen molar-refractivity contribution in [1.29, 1.82) is 0 Å². The first-order valence-electron chi connectivity index (χ1n) is 5.87. The van der Waals surface area contributed by atoms with Crippen LogP contribution in [-0.4, -0.2) is 43.2 Å². The van der Waals surface area contributed by atoms with Crippen molar-refractivity contribution in [1.82, 2.24) is 10.6 Å². The smallest absolute Gasteiger partial charge is 0.322 e. The molecule has 0 atom stereocenters. The molecular formula is C13H16N2O5. The largest absolute Gasteiger partial charge is 0.480 e. The van der Waals surface area contributed by atoms with E-state index in [4.69, 9.17) is 5.11 Å². The van der Waals surface area contributed by atoms with Crippen LogP contribution in [0.15, 0.2) is 24.3 Å². The number of carbonyl (C=O) groups is 3. The van der Waals surface area contributed by atoms with Crippen molar-refractivity contribution in [2.45, 2.75) is 6.54 Å². The molecule has 1 aromatic rings. The predicted molar refractivity (Wildman–Crippen MR) is 70.1 cm³/mol. The molecule has 0 radical (unpaired) electrons. The lowest BCUT2D eigenvalue weighted by molar-refractivity contribution is -0.135. The van der Waals surface area contributed by atoms with Crippen molar-refractivity contribution in [2.24, 2.45) is 0 Å². The van der Waals surface area contributed by atoms with Gasteiger partial charge in [0.1, 0.15) is 13.2 Å². The Morgan fingerprint density at radius 2 is 2.00 bits per heavy atom. The quantitative estimate of drug-likeness (QED) is 0.639. The highest BCUT2D eigenvalue weighted by Crippen LogP contribution is 2.05. The maximum atomic E-state index is 11.7. The molecule has 0 bridgehead atoms. The van der Waals surface area contributed by atoms with Crippen LogP contribution in [0.5, 0.6) is 0 Å².